The Labute approximate surface area is 49.6 Å². The zero-order chi connectivity index (χ0) is 4.50. The molecule has 6 heteroatoms. The Morgan fingerprint density at radius 2 is 1.43 bits per heavy atom. The fourth-order valence-corrected chi connectivity index (χ4v) is 0. The molecule has 0 atom stereocenters. The fraction of sp³-hybridized carbons (Fsp3) is 1.00. The van der Waals surface area contributed by atoms with Crippen molar-refractivity contribution in [1.82, 2.24) is 0 Å². The molecule has 0 fully saturated rings. The van der Waals surface area contributed by atoms with Crippen molar-refractivity contribution in [2.45, 2.75) is 0 Å². The van der Waals surface area contributed by atoms with Gasteiger partial charge in [-0.25, -0.2) is 0 Å². The molecule has 0 unspecified atom stereocenters. The first-order valence-electron chi connectivity index (χ1n) is 1.03. The molecule has 0 aliphatic carbocycles. The van der Waals surface area contributed by atoms with Gasteiger partial charge in [-0.2, -0.15) is 0 Å². The van der Waals surface area contributed by atoms with Gasteiger partial charge < -0.3 is 9.79 Å². The first-order chi connectivity index (χ1) is 2.00. The molecular weight excluding hydrogens is 544 g/mol. The average Bonchev–Trinajstić information content (AvgIpc) is 0.722. The van der Waals surface area contributed by atoms with Crippen molar-refractivity contribution in [2.75, 3.05) is 6.66 Å². The summed E-state index contributed by atoms with van der Waals surface area (Å²) >= 11 is 0. The molecule has 3 nitrogen and oxygen atoms in total. The van der Waals surface area contributed by atoms with Gasteiger partial charge >= 0.3 is 7.60 Å². The molecule has 1 radical (unpaired) electrons. The molecule has 0 bridgehead atoms. The predicted octanol–water partition coefficient (Wildman–Crippen LogP) is -0.209. The van der Waals surface area contributed by atoms with Crippen LogP contribution >= 0.6 is 7.60 Å². The van der Waals surface area contributed by atoms with Crippen LogP contribution in [0.3, 0.4) is 0 Å². The molecule has 0 heterocycles. The molecule has 0 aromatic rings. The van der Waals surface area contributed by atoms with Crippen LogP contribution in [0.2, 0.25) is 0 Å². The van der Waals surface area contributed by atoms with Crippen molar-refractivity contribution >= 4 is 7.60 Å². The van der Waals surface area contributed by atoms with Crippen molar-refractivity contribution in [2.24, 2.45) is 0 Å². The van der Waals surface area contributed by atoms with Gasteiger partial charge in [-0.1, -0.05) is 0 Å². The minimum Gasteiger partial charge on any atom is -0.325 e. The Bertz CT molecular complexity index is 61.1. The van der Waals surface area contributed by atoms with E-state index in [2.05, 4.69) is 0 Å². The van der Waals surface area contributed by atoms with Crippen LogP contribution in [0, 0.1) is 0 Å². The number of hydrogen-bond acceptors (Lipinski definition) is 1. The Balaban J connectivity index is -0.0000000800. The van der Waals surface area contributed by atoms with Gasteiger partial charge in [0.1, 0.15) is 0 Å². The maximum atomic E-state index is 9.33. The van der Waals surface area contributed by atoms with Crippen molar-refractivity contribution < 1.29 is 34.8 Å². The summed E-state index contributed by atoms with van der Waals surface area (Å²) in [5, 5.41) is 0. The molecule has 0 amide bonds. The molecule has 0 aliphatic heterocycles. The quantitative estimate of drug-likeness (QED) is 0.412. The minimum atomic E-state index is -3.64. The van der Waals surface area contributed by atoms with Gasteiger partial charge in [0.25, 0.3) is 0 Å². The zero-order valence-corrected chi connectivity index (χ0v) is 13.8. The van der Waals surface area contributed by atoms with Gasteiger partial charge in [0, 0.05) is 27.1 Å². The van der Waals surface area contributed by atoms with E-state index in [0.717, 1.165) is 6.66 Å². The normalized spacial score (nSPS) is 8.43. The third kappa shape index (κ3) is 2400. The van der Waals surface area contributed by atoms with Crippen molar-refractivity contribution in [3.63, 3.8) is 0 Å². The third-order valence-corrected chi connectivity index (χ3v) is 0. The van der Waals surface area contributed by atoms with Crippen LogP contribution in [0.25, 0.3) is 0 Å². The Hall–Kier alpha value is -0.188. The Morgan fingerprint density at radius 3 is 1.43 bits per heavy atom. The van der Waals surface area contributed by atoms with Crippen LogP contribution in [0.5, 0.6) is 0 Å². The molecule has 7 heavy (non-hydrogen) atoms. The van der Waals surface area contributed by atoms with Gasteiger partial charge in [-0.05, 0) is 0 Å². The maximum absolute atomic E-state index is 9.33. The standard InChI is InChI=1S/CH5O3P.Re.Rf/c1-5(2,3)4;;/h1H3,(H2,2,3,4);;. The third-order valence-electron chi connectivity index (χ3n) is 0. The molecule has 0 saturated carbocycles. The Morgan fingerprint density at radius 1 is 1.43 bits per heavy atom. The summed E-state index contributed by atoms with van der Waals surface area (Å²) in [4.78, 5) is 15.3. The molecule has 0 spiro atoms. The van der Waals surface area contributed by atoms with Crippen molar-refractivity contribution in [3.05, 3.63) is 0 Å². The second kappa shape index (κ2) is 3.98. The molecule has 0 aromatic heterocycles. The second-order valence-electron chi connectivity index (χ2n) is 0.835. The van der Waals surface area contributed by atoms with E-state index in [9.17, 15) is 4.57 Å². The molecular formula is CH5O3PReRf. The Kier molecular flexibility index (Phi) is 9.01. The first-order valence-corrected chi connectivity index (χ1v) is 3.09. The smallest absolute Gasteiger partial charge is 0.322 e. The molecule has 0 rings (SSSR count). The van der Waals surface area contributed by atoms with Crippen LogP contribution in [0.1, 0.15) is 0 Å². The van der Waals surface area contributed by atoms with E-state index in [1.165, 1.54) is 0 Å². The van der Waals surface area contributed by atoms with Crippen LogP contribution in [0.15, 0.2) is 0 Å². The maximum Gasteiger partial charge on any atom is 0.322 e. The van der Waals surface area contributed by atoms with Crippen LogP contribution in [0.4, 0.5) is 0 Å². The SMILES string of the molecule is CP(=O)(O)O.[Re].[Rf]. The zero-order valence-electron chi connectivity index (χ0n) is 3.83. The molecule has 0 aromatic carbocycles. The summed E-state index contributed by atoms with van der Waals surface area (Å²) < 4.78 is 9.33. The molecule has 0 aliphatic rings. The molecule has 2 N–H and O–H groups in total. The minimum absolute atomic E-state index is 0. The number of rotatable bonds is 0. The predicted molar refractivity (Wildman–Crippen MR) is 18.0 cm³/mol. The summed E-state index contributed by atoms with van der Waals surface area (Å²) in [5.41, 5.74) is 0. The van der Waals surface area contributed by atoms with E-state index in [-0.39, 0.29) is 20.4 Å². The summed E-state index contributed by atoms with van der Waals surface area (Å²) in [6.45, 7) is 0.854. The van der Waals surface area contributed by atoms with Gasteiger partial charge in [0.15, 0.2) is 0 Å². The second-order valence-corrected chi connectivity index (χ2v) is 2.51. The van der Waals surface area contributed by atoms with Crippen molar-refractivity contribution in [1.29, 1.82) is 0 Å². The summed E-state index contributed by atoms with van der Waals surface area (Å²) in [5.74, 6) is 0. The summed E-state index contributed by atoms with van der Waals surface area (Å²) in [7, 11) is -3.64. The van der Waals surface area contributed by atoms with Gasteiger partial charge in [-0.15, -0.1) is 0 Å². The van der Waals surface area contributed by atoms with Crippen LogP contribution in [-0.4, -0.2) is 16.5 Å². The summed E-state index contributed by atoms with van der Waals surface area (Å²) in [6.07, 6.45) is 0. The van der Waals surface area contributed by atoms with Crippen LogP contribution in [-0.2, 0) is 25.0 Å². The number of hydrogen-bond donors (Lipinski definition) is 2. The van der Waals surface area contributed by atoms with E-state index in [1.807, 2.05) is 0 Å². The largest absolute Gasteiger partial charge is 0.325 e. The fourth-order valence-electron chi connectivity index (χ4n) is 0. The van der Waals surface area contributed by atoms with Gasteiger partial charge in [0.2, 0.25) is 0 Å². The van der Waals surface area contributed by atoms with E-state index < -0.39 is 7.60 Å². The van der Waals surface area contributed by atoms with E-state index in [0.29, 0.717) is 0 Å². The average molecular weight is 549 g/mol. The van der Waals surface area contributed by atoms with Crippen LogP contribution < -0.4 is 0 Å². The monoisotopic (exact) mass is 550 g/mol. The summed E-state index contributed by atoms with van der Waals surface area (Å²) in [6, 6.07) is 0. The van der Waals surface area contributed by atoms with E-state index in [4.69, 9.17) is 9.79 Å². The van der Waals surface area contributed by atoms with Gasteiger partial charge in [0.05, 0.1) is 0 Å². The van der Waals surface area contributed by atoms with Gasteiger partial charge in [-0.3, -0.25) is 4.57 Å². The van der Waals surface area contributed by atoms with Crippen molar-refractivity contribution in [3.8, 4) is 0 Å². The van der Waals surface area contributed by atoms with E-state index >= 15 is 0 Å². The topological polar surface area (TPSA) is 57.5 Å². The first kappa shape index (κ1) is 15.8. The molecule has 41 valence electrons. The van der Waals surface area contributed by atoms with E-state index in [1.54, 1.807) is 0 Å². The molecule has 0 saturated heterocycles.